The van der Waals surface area contributed by atoms with Gasteiger partial charge >= 0.3 is 0 Å². The molecule has 1 fully saturated rings. The molecule has 0 unspecified atom stereocenters. The van der Waals surface area contributed by atoms with E-state index in [0.717, 1.165) is 18.7 Å². The molecule has 1 N–H and O–H groups in total. The second-order valence-corrected chi connectivity index (χ2v) is 4.56. The van der Waals surface area contributed by atoms with Crippen molar-refractivity contribution in [3.05, 3.63) is 33.8 Å². The second-order valence-electron chi connectivity index (χ2n) is 3.75. The van der Waals surface area contributed by atoms with Crippen molar-refractivity contribution in [1.29, 1.82) is 0 Å². The van der Waals surface area contributed by atoms with Crippen LogP contribution in [-0.4, -0.2) is 20.2 Å². The molecule has 2 nitrogen and oxygen atoms in total. The third-order valence-corrected chi connectivity index (χ3v) is 3.51. The fourth-order valence-electron chi connectivity index (χ4n) is 1.82. The van der Waals surface area contributed by atoms with Crippen molar-refractivity contribution < 1.29 is 4.74 Å². The minimum Gasteiger partial charge on any atom is -0.376 e. The molecule has 0 aromatic heterocycles. The number of ether oxygens (including phenoxy) is 1. The van der Waals surface area contributed by atoms with Crippen LogP contribution in [0.15, 0.2) is 18.2 Å². The summed E-state index contributed by atoms with van der Waals surface area (Å²) >= 11 is 11.8. The van der Waals surface area contributed by atoms with Crippen molar-refractivity contribution in [2.45, 2.75) is 6.10 Å². The maximum Gasteiger partial charge on any atom is 0.0874 e. The van der Waals surface area contributed by atoms with Crippen LogP contribution in [0.25, 0.3) is 0 Å². The maximum atomic E-state index is 5.98. The predicted octanol–water partition coefficient (Wildman–Crippen LogP) is 2.90. The molecule has 82 valence electrons. The van der Waals surface area contributed by atoms with Gasteiger partial charge in [-0.05, 0) is 17.7 Å². The van der Waals surface area contributed by atoms with Crippen molar-refractivity contribution >= 4 is 23.2 Å². The van der Waals surface area contributed by atoms with E-state index in [0.29, 0.717) is 16.0 Å². The molecule has 1 aliphatic rings. The van der Waals surface area contributed by atoms with E-state index >= 15 is 0 Å². The Morgan fingerprint density at radius 2 is 2.07 bits per heavy atom. The van der Waals surface area contributed by atoms with Crippen LogP contribution in [0.3, 0.4) is 0 Å². The molecule has 1 aromatic carbocycles. The lowest BCUT2D eigenvalue weighted by Gasteiger charge is -2.34. The standard InChI is InChI=1S/C11H13Cl2NO/c1-15-11(8-5-14-6-8)7-2-3-9(12)10(13)4-7/h2-4,8,11,14H,5-6H2,1H3/t11-/m1/s1. The van der Waals surface area contributed by atoms with Crippen LogP contribution >= 0.6 is 23.2 Å². The lowest BCUT2D eigenvalue weighted by atomic mass is 9.91. The van der Waals surface area contributed by atoms with Gasteiger partial charge in [-0.3, -0.25) is 0 Å². The molecule has 1 heterocycles. The van der Waals surface area contributed by atoms with Crippen molar-refractivity contribution in [1.82, 2.24) is 5.32 Å². The summed E-state index contributed by atoms with van der Waals surface area (Å²) in [7, 11) is 1.73. The van der Waals surface area contributed by atoms with Crippen LogP contribution in [0.1, 0.15) is 11.7 Å². The zero-order valence-electron chi connectivity index (χ0n) is 8.47. The van der Waals surface area contributed by atoms with E-state index in [1.807, 2.05) is 18.2 Å². The minimum absolute atomic E-state index is 0.112. The van der Waals surface area contributed by atoms with Gasteiger partial charge in [-0.2, -0.15) is 0 Å². The summed E-state index contributed by atoms with van der Waals surface area (Å²) in [6.45, 7) is 2.00. The molecule has 0 saturated carbocycles. The summed E-state index contributed by atoms with van der Waals surface area (Å²) < 4.78 is 5.49. The first-order valence-electron chi connectivity index (χ1n) is 4.91. The van der Waals surface area contributed by atoms with Gasteiger partial charge in [0.05, 0.1) is 16.1 Å². The van der Waals surface area contributed by atoms with Gasteiger partial charge in [-0.25, -0.2) is 0 Å². The number of halogens is 2. The lowest BCUT2D eigenvalue weighted by molar-refractivity contribution is 0.0292. The van der Waals surface area contributed by atoms with Crippen LogP contribution in [0.2, 0.25) is 10.0 Å². The van der Waals surface area contributed by atoms with E-state index in [2.05, 4.69) is 5.32 Å². The van der Waals surface area contributed by atoms with Crippen LogP contribution < -0.4 is 5.32 Å². The molecule has 4 heteroatoms. The number of rotatable bonds is 3. The third-order valence-electron chi connectivity index (χ3n) is 2.77. The van der Waals surface area contributed by atoms with E-state index in [9.17, 15) is 0 Å². The average molecular weight is 246 g/mol. The minimum atomic E-state index is 0.112. The Kier molecular flexibility index (Phi) is 3.52. The normalized spacial score (nSPS) is 18.6. The fraction of sp³-hybridized carbons (Fsp3) is 0.455. The first-order valence-corrected chi connectivity index (χ1v) is 5.66. The molecule has 0 radical (unpaired) electrons. The molecular weight excluding hydrogens is 233 g/mol. The highest BCUT2D eigenvalue weighted by atomic mass is 35.5. The van der Waals surface area contributed by atoms with Gasteiger partial charge in [-0.1, -0.05) is 29.3 Å². The number of nitrogens with one attached hydrogen (secondary N) is 1. The molecule has 1 aromatic rings. The number of hydrogen-bond acceptors (Lipinski definition) is 2. The van der Waals surface area contributed by atoms with E-state index in [1.54, 1.807) is 7.11 Å². The largest absolute Gasteiger partial charge is 0.376 e. The van der Waals surface area contributed by atoms with Crippen LogP contribution in [0.4, 0.5) is 0 Å². The van der Waals surface area contributed by atoms with Gasteiger partial charge in [0, 0.05) is 26.1 Å². The molecule has 1 atom stereocenters. The number of methoxy groups -OCH3 is 1. The Hall–Kier alpha value is -0.280. The topological polar surface area (TPSA) is 21.3 Å². The number of benzene rings is 1. The van der Waals surface area contributed by atoms with Crippen LogP contribution in [-0.2, 0) is 4.74 Å². The van der Waals surface area contributed by atoms with Gasteiger partial charge in [0.15, 0.2) is 0 Å². The summed E-state index contributed by atoms with van der Waals surface area (Å²) in [6.07, 6.45) is 0.112. The van der Waals surface area contributed by atoms with Gasteiger partial charge in [0.2, 0.25) is 0 Å². The Labute approximate surface area is 99.5 Å². The summed E-state index contributed by atoms with van der Waals surface area (Å²) in [6, 6.07) is 5.68. The van der Waals surface area contributed by atoms with E-state index < -0.39 is 0 Å². The Morgan fingerprint density at radius 3 is 2.53 bits per heavy atom. The summed E-state index contributed by atoms with van der Waals surface area (Å²) in [5.41, 5.74) is 1.10. The van der Waals surface area contributed by atoms with E-state index in [4.69, 9.17) is 27.9 Å². The van der Waals surface area contributed by atoms with Gasteiger partial charge in [0.1, 0.15) is 0 Å². The van der Waals surface area contributed by atoms with E-state index in [-0.39, 0.29) is 6.10 Å². The summed E-state index contributed by atoms with van der Waals surface area (Å²) in [5.74, 6) is 0.534. The van der Waals surface area contributed by atoms with Crippen molar-refractivity contribution in [3.63, 3.8) is 0 Å². The number of hydrogen-bond donors (Lipinski definition) is 1. The predicted molar refractivity (Wildman–Crippen MR) is 62.6 cm³/mol. The molecule has 1 saturated heterocycles. The van der Waals surface area contributed by atoms with Gasteiger partial charge < -0.3 is 10.1 Å². The Morgan fingerprint density at radius 1 is 1.33 bits per heavy atom. The molecular formula is C11H13Cl2NO. The highest BCUT2D eigenvalue weighted by Crippen LogP contribution is 2.32. The van der Waals surface area contributed by atoms with Crippen molar-refractivity contribution in [2.75, 3.05) is 20.2 Å². The summed E-state index contributed by atoms with van der Waals surface area (Å²) in [4.78, 5) is 0. The highest BCUT2D eigenvalue weighted by molar-refractivity contribution is 6.42. The molecule has 15 heavy (non-hydrogen) atoms. The first kappa shape index (κ1) is 11.2. The zero-order chi connectivity index (χ0) is 10.8. The van der Waals surface area contributed by atoms with Crippen LogP contribution in [0, 0.1) is 5.92 Å². The quantitative estimate of drug-likeness (QED) is 0.885. The molecule has 2 rings (SSSR count). The maximum absolute atomic E-state index is 5.98. The molecule has 0 spiro atoms. The van der Waals surface area contributed by atoms with Gasteiger partial charge in [-0.15, -0.1) is 0 Å². The second kappa shape index (κ2) is 4.71. The molecule has 1 aliphatic heterocycles. The van der Waals surface area contributed by atoms with Crippen molar-refractivity contribution in [3.8, 4) is 0 Å². The van der Waals surface area contributed by atoms with Crippen LogP contribution in [0.5, 0.6) is 0 Å². The summed E-state index contributed by atoms with van der Waals surface area (Å²) in [5, 5.41) is 4.40. The Bertz CT molecular complexity index is 352. The van der Waals surface area contributed by atoms with Gasteiger partial charge in [0.25, 0.3) is 0 Å². The smallest absolute Gasteiger partial charge is 0.0874 e. The monoisotopic (exact) mass is 245 g/mol. The SMILES string of the molecule is CO[C@H](c1ccc(Cl)c(Cl)c1)C1CNC1. The lowest BCUT2D eigenvalue weighted by Crippen LogP contribution is -2.45. The molecule has 0 aliphatic carbocycles. The van der Waals surface area contributed by atoms with Crippen molar-refractivity contribution in [2.24, 2.45) is 5.92 Å². The third kappa shape index (κ3) is 2.28. The Balaban J connectivity index is 2.21. The zero-order valence-corrected chi connectivity index (χ0v) is 9.98. The first-order chi connectivity index (χ1) is 7.22. The highest BCUT2D eigenvalue weighted by Gasteiger charge is 2.28. The molecule has 0 bridgehead atoms. The molecule has 0 amide bonds. The van der Waals surface area contributed by atoms with E-state index in [1.165, 1.54) is 0 Å². The average Bonchev–Trinajstić information content (AvgIpc) is 2.16. The fourth-order valence-corrected chi connectivity index (χ4v) is 2.12.